The maximum absolute atomic E-state index is 5.38. The van der Waals surface area contributed by atoms with Crippen molar-refractivity contribution in [3.05, 3.63) is 53.7 Å². The minimum Gasteiger partial charge on any atom is -0.495 e. The Bertz CT molecular complexity index is 843. The summed E-state index contributed by atoms with van der Waals surface area (Å²) in [4.78, 5) is 4.47. The molecule has 0 spiro atoms. The van der Waals surface area contributed by atoms with E-state index < -0.39 is 0 Å². The number of rotatable bonds is 6. The summed E-state index contributed by atoms with van der Waals surface area (Å²) >= 11 is 0. The average molecular weight is 351 g/mol. The predicted molar refractivity (Wildman–Crippen MR) is 102 cm³/mol. The molecule has 0 aliphatic rings. The molecule has 0 saturated heterocycles. The van der Waals surface area contributed by atoms with Crippen molar-refractivity contribution in [1.82, 2.24) is 15.2 Å². The van der Waals surface area contributed by atoms with Crippen LogP contribution in [0.5, 0.6) is 11.5 Å². The SMILES string of the molecule is COc1ccc(C)cc1Nc1cnnc(Nc2cc(C)ccc2OC)n1. The number of hydrogen-bond acceptors (Lipinski definition) is 7. The molecule has 2 aromatic carbocycles. The van der Waals surface area contributed by atoms with Crippen LogP contribution in [-0.4, -0.2) is 29.4 Å². The molecule has 0 unspecified atom stereocenters. The average Bonchev–Trinajstić information content (AvgIpc) is 2.62. The number of methoxy groups -OCH3 is 2. The molecule has 7 heteroatoms. The molecule has 0 bridgehead atoms. The molecule has 0 aliphatic carbocycles. The van der Waals surface area contributed by atoms with Gasteiger partial charge in [-0.05, 0) is 49.2 Å². The Hall–Kier alpha value is -3.35. The lowest BCUT2D eigenvalue weighted by atomic mass is 10.2. The van der Waals surface area contributed by atoms with E-state index in [1.54, 1.807) is 20.4 Å². The molecule has 0 fully saturated rings. The molecule has 134 valence electrons. The van der Waals surface area contributed by atoms with Crippen LogP contribution < -0.4 is 20.1 Å². The summed E-state index contributed by atoms with van der Waals surface area (Å²) in [6.07, 6.45) is 1.56. The van der Waals surface area contributed by atoms with Gasteiger partial charge in [0.25, 0.3) is 0 Å². The zero-order valence-corrected chi connectivity index (χ0v) is 15.2. The van der Waals surface area contributed by atoms with E-state index >= 15 is 0 Å². The van der Waals surface area contributed by atoms with E-state index in [2.05, 4.69) is 25.8 Å². The molecule has 1 aromatic heterocycles. The van der Waals surface area contributed by atoms with Crippen molar-refractivity contribution in [2.75, 3.05) is 24.9 Å². The van der Waals surface area contributed by atoms with E-state index in [-0.39, 0.29) is 0 Å². The highest BCUT2D eigenvalue weighted by atomic mass is 16.5. The molecule has 0 atom stereocenters. The van der Waals surface area contributed by atoms with E-state index in [1.165, 1.54) is 0 Å². The van der Waals surface area contributed by atoms with Crippen LogP contribution in [0.15, 0.2) is 42.6 Å². The topological polar surface area (TPSA) is 81.2 Å². The van der Waals surface area contributed by atoms with Crippen LogP contribution in [0.25, 0.3) is 0 Å². The maximum atomic E-state index is 5.38. The second-order valence-electron chi connectivity index (χ2n) is 5.82. The number of aromatic nitrogens is 3. The molecular formula is C19H21N5O2. The standard InChI is InChI=1S/C19H21N5O2/c1-12-5-7-16(25-3)14(9-12)21-18-11-20-24-19(23-18)22-15-10-13(2)6-8-17(15)26-4/h5-11H,1-4H3,(H2,21,22,23,24). The van der Waals surface area contributed by atoms with E-state index in [1.807, 2.05) is 50.2 Å². The molecule has 3 aromatic rings. The van der Waals surface area contributed by atoms with Crippen molar-refractivity contribution >= 4 is 23.1 Å². The second kappa shape index (κ2) is 7.69. The van der Waals surface area contributed by atoms with Gasteiger partial charge in [-0.25, -0.2) is 0 Å². The Balaban J connectivity index is 1.85. The van der Waals surface area contributed by atoms with Crippen molar-refractivity contribution in [2.24, 2.45) is 0 Å². The van der Waals surface area contributed by atoms with Gasteiger partial charge in [0.1, 0.15) is 11.5 Å². The van der Waals surface area contributed by atoms with Crippen molar-refractivity contribution in [3.8, 4) is 11.5 Å². The van der Waals surface area contributed by atoms with E-state index in [4.69, 9.17) is 9.47 Å². The van der Waals surface area contributed by atoms with Crippen LogP contribution in [-0.2, 0) is 0 Å². The summed E-state index contributed by atoms with van der Waals surface area (Å²) < 4.78 is 10.8. The third-order valence-electron chi connectivity index (χ3n) is 3.78. The first-order valence-corrected chi connectivity index (χ1v) is 8.12. The number of hydrogen-bond donors (Lipinski definition) is 2. The molecule has 0 radical (unpaired) electrons. The lowest BCUT2D eigenvalue weighted by Gasteiger charge is -2.13. The van der Waals surface area contributed by atoms with Crippen LogP contribution in [0, 0.1) is 13.8 Å². The zero-order chi connectivity index (χ0) is 18.5. The predicted octanol–water partition coefficient (Wildman–Crippen LogP) is 3.99. The van der Waals surface area contributed by atoms with Crippen molar-refractivity contribution in [2.45, 2.75) is 13.8 Å². The van der Waals surface area contributed by atoms with Gasteiger partial charge in [0.2, 0.25) is 5.95 Å². The minimum absolute atomic E-state index is 0.366. The van der Waals surface area contributed by atoms with E-state index in [0.717, 1.165) is 28.3 Å². The van der Waals surface area contributed by atoms with Gasteiger partial charge >= 0.3 is 0 Å². The van der Waals surface area contributed by atoms with Crippen molar-refractivity contribution in [3.63, 3.8) is 0 Å². The van der Waals surface area contributed by atoms with Crippen LogP contribution in [0.3, 0.4) is 0 Å². The molecule has 0 amide bonds. The number of nitrogens with one attached hydrogen (secondary N) is 2. The van der Waals surface area contributed by atoms with Crippen LogP contribution in [0.1, 0.15) is 11.1 Å². The molecule has 2 N–H and O–H groups in total. The first kappa shape index (κ1) is 17.5. The van der Waals surface area contributed by atoms with E-state index in [0.29, 0.717) is 17.5 Å². The summed E-state index contributed by atoms with van der Waals surface area (Å²) in [6.45, 7) is 4.02. The number of benzene rings is 2. The van der Waals surface area contributed by atoms with Gasteiger partial charge in [-0.1, -0.05) is 12.1 Å². The maximum Gasteiger partial charge on any atom is 0.249 e. The van der Waals surface area contributed by atoms with Gasteiger partial charge in [-0.15, -0.1) is 5.10 Å². The smallest absolute Gasteiger partial charge is 0.249 e. The number of anilines is 4. The number of aryl methyl sites for hydroxylation is 2. The molecule has 0 saturated carbocycles. The van der Waals surface area contributed by atoms with Crippen molar-refractivity contribution < 1.29 is 9.47 Å². The van der Waals surface area contributed by atoms with Gasteiger partial charge in [-0.3, -0.25) is 0 Å². The van der Waals surface area contributed by atoms with E-state index in [9.17, 15) is 0 Å². The lowest BCUT2D eigenvalue weighted by Crippen LogP contribution is -2.04. The third kappa shape index (κ3) is 4.00. The second-order valence-corrected chi connectivity index (χ2v) is 5.82. The van der Waals surface area contributed by atoms with Gasteiger partial charge in [0.15, 0.2) is 5.82 Å². The fourth-order valence-corrected chi connectivity index (χ4v) is 2.51. The molecule has 3 rings (SSSR count). The lowest BCUT2D eigenvalue weighted by molar-refractivity contribution is 0.416. The minimum atomic E-state index is 0.366. The Morgan fingerprint density at radius 3 is 1.96 bits per heavy atom. The first-order valence-electron chi connectivity index (χ1n) is 8.12. The fourth-order valence-electron chi connectivity index (χ4n) is 2.51. The monoisotopic (exact) mass is 351 g/mol. The van der Waals surface area contributed by atoms with Crippen molar-refractivity contribution in [1.29, 1.82) is 0 Å². The van der Waals surface area contributed by atoms with Gasteiger partial charge in [-0.2, -0.15) is 10.1 Å². The van der Waals surface area contributed by atoms with Crippen LogP contribution in [0.4, 0.5) is 23.1 Å². The Morgan fingerprint density at radius 1 is 0.808 bits per heavy atom. The van der Waals surface area contributed by atoms with Gasteiger partial charge in [0.05, 0.1) is 31.8 Å². The fraction of sp³-hybridized carbons (Fsp3) is 0.211. The highest BCUT2D eigenvalue weighted by Gasteiger charge is 2.09. The Kier molecular flexibility index (Phi) is 5.17. The molecule has 0 aliphatic heterocycles. The Morgan fingerprint density at radius 2 is 1.38 bits per heavy atom. The highest BCUT2D eigenvalue weighted by Crippen LogP contribution is 2.29. The summed E-state index contributed by atoms with van der Waals surface area (Å²) in [5, 5.41) is 14.4. The summed E-state index contributed by atoms with van der Waals surface area (Å²) in [7, 11) is 3.25. The molecule has 1 heterocycles. The van der Waals surface area contributed by atoms with Gasteiger partial charge in [0, 0.05) is 0 Å². The highest BCUT2D eigenvalue weighted by molar-refractivity contribution is 5.67. The molecular weight excluding hydrogens is 330 g/mol. The molecule has 7 nitrogen and oxygen atoms in total. The number of ether oxygens (including phenoxy) is 2. The van der Waals surface area contributed by atoms with Crippen LogP contribution >= 0.6 is 0 Å². The quantitative estimate of drug-likeness (QED) is 0.695. The summed E-state index contributed by atoms with van der Waals surface area (Å²) in [5.74, 6) is 2.35. The Labute approximate surface area is 152 Å². The number of nitrogens with zero attached hydrogens (tertiary/aromatic N) is 3. The largest absolute Gasteiger partial charge is 0.495 e. The van der Waals surface area contributed by atoms with Crippen LogP contribution in [0.2, 0.25) is 0 Å². The summed E-state index contributed by atoms with van der Waals surface area (Å²) in [5.41, 5.74) is 3.80. The first-order chi connectivity index (χ1) is 12.6. The normalized spacial score (nSPS) is 10.3. The van der Waals surface area contributed by atoms with Gasteiger partial charge < -0.3 is 20.1 Å². The molecule has 26 heavy (non-hydrogen) atoms. The summed E-state index contributed by atoms with van der Waals surface area (Å²) in [6, 6.07) is 11.7. The third-order valence-corrected chi connectivity index (χ3v) is 3.78. The zero-order valence-electron chi connectivity index (χ0n) is 15.2.